The molecule has 0 unspecified atom stereocenters. The molecule has 2 aromatic carbocycles. The first-order valence-corrected chi connectivity index (χ1v) is 10.3. The Kier molecular flexibility index (Phi) is 5.86. The molecule has 3 aromatic rings. The molecule has 0 saturated heterocycles. The number of aromatic nitrogens is 3. The van der Waals surface area contributed by atoms with Gasteiger partial charge in [-0.3, -0.25) is 0 Å². The first-order valence-electron chi connectivity index (χ1n) is 8.71. The predicted molar refractivity (Wildman–Crippen MR) is 109 cm³/mol. The third kappa shape index (κ3) is 5.02. The molecule has 0 aliphatic carbocycles. The highest BCUT2D eigenvalue weighted by atomic mass is 32.2. The summed E-state index contributed by atoms with van der Waals surface area (Å²) in [5.41, 5.74) is 4.22. The van der Waals surface area contributed by atoms with E-state index in [9.17, 15) is 8.42 Å². The van der Waals surface area contributed by atoms with Gasteiger partial charge in [0.15, 0.2) is 5.82 Å². The van der Waals surface area contributed by atoms with Gasteiger partial charge in [-0.1, -0.05) is 30.3 Å². The number of hydrogen-bond donors (Lipinski definition) is 3. The van der Waals surface area contributed by atoms with Crippen LogP contribution in [-0.4, -0.2) is 30.1 Å². The van der Waals surface area contributed by atoms with Gasteiger partial charge < -0.3 is 10.6 Å². The molecule has 0 amide bonds. The summed E-state index contributed by atoms with van der Waals surface area (Å²) in [6.45, 7) is 4.64. The summed E-state index contributed by atoms with van der Waals surface area (Å²) in [5, 5.41) is 19.5. The molecule has 0 saturated carbocycles. The third-order valence-corrected chi connectivity index (χ3v) is 5.17. The van der Waals surface area contributed by atoms with Crippen LogP contribution in [0.2, 0.25) is 0 Å². The molecule has 0 spiro atoms. The maximum atomic E-state index is 11.3. The Labute approximate surface area is 164 Å². The van der Waals surface area contributed by atoms with Crippen molar-refractivity contribution in [3.8, 4) is 0 Å². The summed E-state index contributed by atoms with van der Waals surface area (Å²) in [6, 6.07) is 12.5. The standard InChI is InChI=1S/C19H22N6O2S/c1-13-4-3-5-14(2)18(13)23-17-12-22-25-19(24-17)21-11-10-15-6-8-16(9-7-15)28(20,26)27/h3-9,12H,10-11H2,1-2H3,(H2,20,26,27)(H2,21,23,24,25). The second-order valence-electron chi connectivity index (χ2n) is 6.42. The van der Waals surface area contributed by atoms with E-state index >= 15 is 0 Å². The highest BCUT2D eigenvalue weighted by molar-refractivity contribution is 7.89. The van der Waals surface area contributed by atoms with Gasteiger partial charge in [0.05, 0.1) is 11.1 Å². The van der Waals surface area contributed by atoms with Crippen molar-refractivity contribution >= 4 is 27.5 Å². The third-order valence-electron chi connectivity index (χ3n) is 4.24. The van der Waals surface area contributed by atoms with Gasteiger partial charge in [0.2, 0.25) is 16.0 Å². The summed E-state index contributed by atoms with van der Waals surface area (Å²) in [7, 11) is -3.67. The molecule has 146 valence electrons. The minimum absolute atomic E-state index is 0.0991. The average molecular weight is 398 g/mol. The highest BCUT2D eigenvalue weighted by Gasteiger charge is 2.07. The van der Waals surface area contributed by atoms with Gasteiger partial charge in [-0.25, -0.2) is 13.6 Å². The molecule has 9 heteroatoms. The minimum Gasteiger partial charge on any atom is -0.353 e. The van der Waals surface area contributed by atoms with E-state index in [0.717, 1.165) is 22.4 Å². The lowest BCUT2D eigenvalue weighted by molar-refractivity contribution is 0.598. The van der Waals surface area contributed by atoms with Gasteiger partial charge in [-0.2, -0.15) is 10.1 Å². The fourth-order valence-electron chi connectivity index (χ4n) is 2.74. The number of nitrogens with one attached hydrogen (secondary N) is 2. The molecule has 0 atom stereocenters. The molecule has 1 heterocycles. The van der Waals surface area contributed by atoms with Gasteiger partial charge in [0.25, 0.3) is 0 Å². The first-order chi connectivity index (χ1) is 13.3. The van der Waals surface area contributed by atoms with Crippen LogP contribution < -0.4 is 15.8 Å². The summed E-state index contributed by atoms with van der Waals surface area (Å²) >= 11 is 0. The molecule has 1 aromatic heterocycles. The lowest BCUT2D eigenvalue weighted by Crippen LogP contribution is -2.12. The highest BCUT2D eigenvalue weighted by Crippen LogP contribution is 2.23. The summed E-state index contributed by atoms with van der Waals surface area (Å²) < 4.78 is 22.6. The minimum atomic E-state index is -3.67. The fourth-order valence-corrected chi connectivity index (χ4v) is 3.26. The van der Waals surface area contributed by atoms with Crippen molar-refractivity contribution in [3.05, 3.63) is 65.4 Å². The van der Waals surface area contributed by atoms with Gasteiger partial charge in [-0.05, 0) is 49.1 Å². The number of rotatable bonds is 7. The van der Waals surface area contributed by atoms with Crippen LogP contribution in [0.3, 0.4) is 0 Å². The van der Waals surface area contributed by atoms with E-state index in [4.69, 9.17) is 5.14 Å². The van der Waals surface area contributed by atoms with Crippen molar-refractivity contribution in [2.45, 2.75) is 25.2 Å². The molecule has 0 bridgehead atoms. The van der Waals surface area contributed by atoms with Gasteiger partial charge in [0, 0.05) is 12.2 Å². The fraction of sp³-hybridized carbons (Fsp3) is 0.211. The smallest absolute Gasteiger partial charge is 0.244 e. The number of aryl methyl sites for hydroxylation is 2. The van der Waals surface area contributed by atoms with Gasteiger partial charge in [0.1, 0.15) is 0 Å². The van der Waals surface area contributed by atoms with Crippen molar-refractivity contribution < 1.29 is 8.42 Å². The molecular weight excluding hydrogens is 376 g/mol. The number of hydrogen-bond acceptors (Lipinski definition) is 7. The van der Waals surface area contributed by atoms with Crippen LogP contribution in [-0.2, 0) is 16.4 Å². The van der Waals surface area contributed by atoms with E-state index < -0.39 is 10.0 Å². The second kappa shape index (κ2) is 8.32. The second-order valence-corrected chi connectivity index (χ2v) is 7.98. The van der Waals surface area contributed by atoms with E-state index in [2.05, 4.69) is 25.8 Å². The number of nitrogens with zero attached hydrogens (tertiary/aromatic N) is 3. The van der Waals surface area contributed by atoms with Crippen molar-refractivity contribution in [3.63, 3.8) is 0 Å². The molecule has 28 heavy (non-hydrogen) atoms. The Morgan fingerprint density at radius 2 is 1.71 bits per heavy atom. The van der Waals surface area contributed by atoms with E-state index in [1.807, 2.05) is 32.0 Å². The van der Waals surface area contributed by atoms with Crippen molar-refractivity contribution in [1.82, 2.24) is 15.2 Å². The van der Waals surface area contributed by atoms with Crippen molar-refractivity contribution in [2.75, 3.05) is 17.2 Å². The van der Waals surface area contributed by atoms with E-state index in [1.54, 1.807) is 18.3 Å². The maximum absolute atomic E-state index is 11.3. The Hall–Kier alpha value is -3.04. The van der Waals surface area contributed by atoms with Gasteiger partial charge >= 0.3 is 0 Å². The van der Waals surface area contributed by atoms with Crippen LogP contribution in [0.4, 0.5) is 17.5 Å². The van der Waals surface area contributed by atoms with Gasteiger partial charge in [-0.15, -0.1) is 5.10 Å². The molecule has 0 aliphatic heterocycles. The molecule has 0 fully saturated rings. The Balaban J connectivity index is 1.61. The molecule has 0 radical (unpaired) electrons. The van der Waals surface area contributed by atoms with Crippen LogP contribution in [0.25, 0.3) is 0 Å². The lowest BCUT2D eigenvalue weighted by Gasteiger charge is -2.12. The zero-order valence-corrected chi connectivity index (χ0v) is 16.5. The molecule has 4 N–H and O–H groups in total. The van der Waals surface area contributed by atoms with Crippen LogP contribution in [0.5, 0.6) is 0 Å². The monoisotopic (exact) mass is 398 g/mol. The number of primary sulfonamides is 1. The summed E-state index contributed by atoms with van der Waals surface area (Å²) in [6.07, 6.45) is 2.24. The predicted octanol–water partition coefficient (Wildman–Crippen LogP) is 2.53. The zero-order chi connectivity index (χ0) is 20.1. The van der Waals surface area contributed by atoms with E-state index in [1.165, 1.54) is 12.1 Å². The number of benzene rings is 2. The van der Waals surface area contributed by atoms with Crippen molar-refractivity contribution in [2.24, 2.45) is 5.14 Å². The topological polar surface area (TPSA) is 123 Å². The molecule has 8 nitrogen and oxygen atoms in total. The zero-order valence-electron chi connectivity index (χ0n) is 15.7. The Morgan fingerprint density at radius 3 is 2.36 bits per heavy atom. The van der Waals surface area contributed by atoms with Crippen LogP contribution in [0.1, 0.15) is 16.7 Å². The van der Waals surface area contributed by atoms with Crippen LogP contribution in [0, 0.1) is 13.8 Å². The largest absolute Gasteiger partial charge is 0.353 e. The number of sulfonamides is 1. The quantitative estimate of drug-likeness (QED) is 0.559. The Bertz CT molecular complexity index is 1050. The maximum Gasteiger partial charge on any atom is 0.244 e. The number of para-hydroxylation sites is 1. The van der Waals surface area contributed by atoms with E-state index in [-0.39, 0.29) is 4.90 Å². The molecule has 0 aliphatic rings. The van der Waals surface area contributed by atoms with Crippen LogP contribution >= 0.6 is 0 Å². The number of nitrogens with two attached hydrogens (primary N) is 1. The summed E-state index contributed by atoms with van der Waals surface area (Å²) in [5.74, 6) is 1.02. The molecular formula is C19H22N6O2S. The SMILES string of the molecule is Cc1cccc(C)c1Nc1cnnc(NCCc2ccc(S(N)(=O)=O)cc2)n1. The molecule has 3 rings (SSSR count). The lowest BCUT2D eigenvalue weighted by atomic mass is 10.1. The average Bonchev–Trinajstić information content (AvgIpc) is 2.65. The number of anilines is 3. The Morgan fingerprint density at radius 1 is 1.04 bits per heavy atom. The normalized spacial score (nSPS) is 11.2. The first kappa shape index (κ1) is 19.7. The van der Waals surface area contributed by atoms with E-state index in [0.29, 0.717) is 24.7 Å². The van der Waals surface area contributed by atoms with Crippen LogP contribution in [0.15, 0.2) is 53.6 Å². The summed E-state index contributed by atoms with van der Waals surface area (Å²) in [4.78, 5) is 4.54. The van der Waals surface area contributed by atoms with Crippen molar-refractivity contribution in [1.29, 1.82) is 0 Å².